The third-order valence-corrected chi connectivity index (χ3v) is 3.16. The van der Waals surface area contributed by atoms with Crippen LogP contribution in [0.2, 0.25) is 5.02 Å². The highest BCUT2D eigenvalue weighted by molar-refractivity contribution is 6.30. The quantitative estimate of drug-likeness (QED) is 0.885. The molecule has 0 aliphatic heterocycles. The van der Waals surface area contributed by atoms with Crippen LogP contribution in [-0.2, 0) is 4.79 Å². The molecule has 1 amide bonds. The fourth-order valence-electron chi connectivity index (χ4n) is 1.78. The van der Waals surface area contributed by atoms with Crippen LogP contribution in [0.4, 0.5) is 5.69 Å². The van der Waals surface area contributed by atoms with Crippen LogP contribution in [0.5, 0.6) is 5.75 Å². The van der Waals surface area contributed by atoms with E-state index in [2.05, 4.69) is 5.32 Å². The van der Waals surface area contributed by atoms with Crippen molar-refractivity contribution >= 4 is 29.2 Å². The van der Waals surface area contributed by atoms with Crippen molar-refractivity contribution in [1.29, 1.82) is 0 Å². The summed E-state index contributed by atoms with van der Waals surface area (Å²) in [6.45, 7) is 1.58. The maximum Gasteiger partial charge on any atom is 0.337 e. The van der Waals surface area contributed by atoms with Crippen LogP contribution >= 0.6 is 11.6 Å². The molecule has 0 bridgehead atoms. The first-order valence-corrected chi connectivity index (χ1v) is 6.90. The number of amides is 1. The molecule has 0 unspecified atom stereocenters. The van der Waals surface area contributed by atoms with Gasteiger partial charge < -0.3 is 15.2 Å². The molecule has 0 spiro atoms. The minimum absolute atomic E-state index is 0.0227. The largest absolute Gasteiger partial charge is 0.481 e. The Balaban J connectivity index is 2.05. The van der Waals surface area contributed by atoms with Crippen LogP contribution in [0.15, 0.2) is 48.5 Å². The van der Waals surface area contributed by atoms with E-state index in [0.717, 1.165) is 0 Å². The van der Waals surface area contributed by atoms with E-state index in [4.69, 9.17) is 21.4 Å². The Morgan fingerprint density at radius 2 is 1.77 bits per heavy atom. The first kappa shape index (κ1) is 15.9. The second-order valence-electron chi connectivity index (χ2n) is 4.55. The third-order valence-electron chi connectivity index (χ3n) is 2.91. The molecule has 5 nitrogen and oxygen atoms in total. The van der Waals surface area contributed by atoms with Gasteiger partial charge in [0.2, 0.25) is 0 Å². The summed E-state index contributed by atoms with van der Waals surface area (Å²) in [6.07, 6.45) is -0.789. The lowest BCUT2D eigenvalue weighted by atomic mass is 10.1. The normalized spacial score (nSPS) is 11.5. The minimum Gasteiger partial charge on any atom is -0.481 e. The lowest BCUT2D eigenvalue weighted by molar-refractivity contribution is -0.122. The van der Waals surface area contributed by atoms with Crippen molar-refractivity contribution in [3.63, 3.8) is 0 Å². The number of anilines is 1. The van der Waals surface area contributed by atoms with Crippen molar-refractivity contribution in [2.45, 2.75) is 13.0 Å². The molecule has 0 radical (unpaired) electrons. The molecule has 2 rings (SSSR count). The molecule has 0 saturated heterocycles. The molecule has 0 aromatic heterocycles. The zero-order chi connectivity index (χ0) is 16.1. The van der Waals surface area contributed by atoms with Gasteiger partial charge in [0.15, 0.2) is 6.10 Å². The predicted molar refractivity (Wildman–Crippen MR) is 83.6 cm³/mol. The maximum absolute atomic E-state index is 12.1. The average molecular weight is 320 g/mol. The lowest BCUT2D eigenvalue weighted by Gasteiger charge is -2.15. The van der Waals surface area contributed by atoms with Gasteiger partial charge in [-0.05, 0) is 43.3 Å². The van der Waals surface area contributed by atoms with Gasteiger partial charge >= 0.3 is 5.97 Å². The number of halogens is 1. The number of carboxylic acids is 1. The van der Waals surface area contributed by atoms with Gasteiger partial charge in [0, 0.05) is 5.02 Å². The number of rotatable bonds is 5. The van der Waals surface area contributed by atoms with E-state index in [1.165, 1.54) is 12.1 Å². The molecule has 0 aliphatic rings. The first-order chi connectivity index (χ1) is 10.5. The first-order valence-electron chi connectivity index (χ1n) is 6.53. The van der Waals surface area contributed by atoms with Crippen LogP contribution < -0.4 is 10.1 Å². The number of nitrogens with one attached hydrogen (secondary N) is 1. The smallest absolute Gasteiger partial charge is 0.337 e. The summed E-state index contributed by atoms with van der Waals surface area (Å²) >= 11 is 5.77. The number of ether oxygens (including phenoxy) is 1. The number of aromatic carboxylic acids is 1. The highest BCUT2D eigenvalue weighted by Crippen LogP contribution is 2.18. The number of carbonyl (C=O) groups is 2. The van der Waals surface area contributed by atoms with Gasteiger partial charge in [0.05, 0.1) is 11.3 Å². The maximum atomic E-state index is 12.1. The summed E-state index contributed by atoms with van der Waals surface area (Å²) in [5.41, 5.74) is 0.251. The SMILES string of the molecule is C[C@@H](Oc1ccc(Cl)cc1)C(=O)Nc1ccccc1C(=O)O. The van der Waals surface area contributed by atoms with E-state index in [1.807, 2.05) is 0 Å². The Morgan fingerprint density at radius 1 is 1.14 bits per heavy atom. The van der Waals surface area contributed by atoms with Gasteiger partial charge in [-0.1, -0.05) is 23.7 Å². The molecule has 114 valence electrons. The molecule has 0 saturated carbocycles. The van der Waals surface area contributed by atoms with E-state index < -0.39 is 18.0 Å². The average Bonchev–Trinajstić information content (AvgIpc) is 2.49. The highest BCUT2D eigenvalue weighted by Gasteiger charge is 2.18. The second kappa shape index (κ2) is 6.95. The van der Waals surface area contributed by atoms with Crippen molar-refractivity contribution < 1.29 is 19.4 Å². The van der Waals surface area contributed by atoms with Crippen LogP contribution in [0.25, 0.3) is 0 Å². The zero-order valence-corrected chi connectivity index (χ0v) is 12.5. The number of hydrogen-bond acceptors (Lipinski definition) is 3. The summed E-state index contributed by atoms with van der Waals surface area (Å²) in [6, 6.07) is 12.8. The summed E-state index contributed by atoms with van der Waals surface area (Å²) < 4.78 is 5.49. The molecule has 2 aromatic carbocycles. The topological polar surface area (TPSA) is 75.6 Å². The standard InChI is InChI=1S/C16H14ClNO4/c1-10(22-12-8-6-11(17)7-9-12)15(19)18-14-5-3-2-4-13(14)16(20)21/h2-10H,1H3,(H,18,19)(H,20,21)/t10-/m1/s1. The molecule has 22 heavy (non-hydrogen) atoms. The molecule has 2 N–H and O–H groups in total. The fraction of sp³-hybridized carbons (Fsp3) is 0.125. The molecule has 2 aromatic rings. The number of carbonyl (C=O) groups excluding carboxylic acids is 1. The number of hydrogen-bond donors (Lipinski definition) is 2. The van der Waals surface area contributed by atoms with E-state index in [-0.39, 0.29) is 11.3 Å². The van der Waals surface area contributed by atoms with Gasteiger partial charge in [-0.3, -0.25) is 4.79 Å². The Bertz CT molecular complexity index is 685. The summed E-state index contributed by atoms with van der Waals surface area (Å²) in [4.78, 5) is 23.2. The van der Waals surface area contributed by atoms with Crippen LogP contribution in [0.3, 0.4) is 0 Å². The van der Waals surface area contributed by atoms with E-state index in [9.17, 15) is 9.59 Å². The zero-order valence-electron chi connectivity index (χ0n) is 11.7. The fourth-order valence-corrected chi connectivity index (χ4v) is 1.91. The molecular weight excluding hydrogens is 306 g/mol. The van der Waals surface area contributed by atoms with E-state index in [0.29, 0.717) is 10.8 Å². The van der Waals surface area contributed by atoms with Crippen molar-refractivity contribution in [2.75, 3.05) is 5.32 Å². The van der Waals surface area contributed by atoms with Crippen LogP contribution in [0, 0.1) is 0 Å². The van der Waals surface area contributed by atoms with Crippen molar-refractivity contribution in [1.82, 2.24) is 0 Å². The molecule has 0 aliphatic carbocycles. The number of carboxylic acid groups (broad SMARTS) is 1. The van der Waals surface area contributed by atoms with Gasteiger partial charge in [-0.25, -0.2) is 4.79 Å². The molecule has 0 heterocycles. The van der Waals surface area contributed by atoms with Gasteiger partial charge in [-0.15, -0.1) is 0 Å². The van der Waals surface area contributed by atoms with Gasteiger partial charge in [0.1, 0.15) is 5.75 Å². The second-order valence-corrected chi connectivity index (χ2v) is 4.99. The number of para-hydroxylation sites is 1. The summed E-state index contributed by atoms with van der Waals surface area (Å²) in [5, 5.41) is 12.2. The Kier molecular flexibility index (Phi) is 5.01. The van der Waals surface area contributed by atoms with Crippen LogP contribution in [-0.4, -0.2) is 23.1 Å². The Hall–Kier alpha value is -2.53. The summed E-state index contributed by atoms with van der Waals surface area (Å²) in [5.74, 6) is -1.05. The van der Waals surface area contributed by atoms with Crippen LogP contribution in [0.1, 0.15) is 17.3 Å². The monoisotopic (exact) mass is 319 g/mol. The predicted octanol–water partition coefficient (Wildman–Crippen LogP) is 3.44. The van der Waals surface area contributed by atoms with E-state index in [1.54, 1.807) is 43.3 Å². The highest BCUT2D eigenvalue weighted by atomic mass is 35.5. The van der Waals surface area contributed by atoms with Crippen molar-refractivity contribution in [3.05, 3.63) is 59.1 Å². The Labute approximate surface area is 132 Å². The number of benzene rings is 2. The summed E-state index contributed by atoms with van der Waals surface area (Å²) in [7, 11) is 0. The van der Waals surface area contributed by atoms with E-state index >= 15 is 0 Å². The molecule has 0 fully saturated rings. The lowest BCUT2D eigenvalue weighted by Crippen LogP contribution is -2.30. The third kappa shape index (κ3) is 3.99. The molecule has 1 atom stereocenters. The van der Waals surface area contributed by atoms with Crippen molar-refractivity contribution in [2.24, 2.45) is 0 Å². The molecular formula is C16H14ClNO4. The van der Waals surface area contributed by atoms with Gasteiger partial charge in [0.25, 0.3) is 5.91 Å². The van der Waals surface area contributed by atoms with Gasteiger partial charge in [-0.2, -0.15) is 0 Å². The Morgan fingerprint density at radius 3 is 2.41 bits per heavy atom. The van der Waals surface area contributed by atoms with Crippen molar-refractivity contribution in [3.8, 4) is 5.75 Å². The minimum atomic E-state index is -1.11. The molecule has 6 heteroatoms.